The van der Waals surface area contributed by atoms with Crippen LogP contribution >= 0.6 is 0 Å². The number of amides is 1. The van der Waals surface area contributed by atoms with Crippen molar-refractivity contribution in [2.75, 3.05) is 19.6 Å². The first-order valence-corrected chi connectivity index (χ1v) is 7.67. The zero-order valence-electron chi connectivity index (χ0n) is 13.2. The molecule has 8 heteroatoms. The van der Waals surface area contributed by atoms with Crippen molar-refractivity contribution in [3.8, 4) is 0 Å². The highest BCUT2D eigenvalue weighted by Crippen LogP contribution is 2.25. The molecule has 1 aromatic carbocycles. The quantitative estimate of drug-likeness (QED) is 0.816. The van der Waals surface area contributed by atoms with Gasteiger partial charge in [0.05, 0.1) is 0 Å². The summed E-state index contributed by atoms with van der Waals surface area (Å²) in [6, 6.07) is 6.72. The summed E-state index contributed by atoms with van der Waals surface area (Å²) in [4.78, 5) is 23.4. The minimum Gasteiger partial charge on any atom is -0.475 e. The van der Waals surface area contributed by atoms with E-state index in [0.717, 1.165) is 38.0 Å². The van der Waals surface area contributed by atoms with E-state index in [4.69, 9.17) is 9.90 Å². The Labute approximate surface area is 137 Å². The van der Waals surface area contributed by atoms with Crippen LogP contribution in [0, 0.1) is 0 Å². The minimum atomic E-state index is -5.08. The second kappa shape index (κ2) is 7.21. The van der Waals surface area contributed by atoms with E-state index in [2.05, 4.69) is 30.4 Å². The lowest BCUT2D eigenvalue weighted by Crippen LogP contribution is -2.56. The Hall–Kier alpha value is -2.09. The number of aliphatic carboxylic acids is 1. The van der Waals surface area contributed by atoms with Crippen LogP contribution in [0.5, 0.6) is 0 Å². The van der Waals surface area contributed by atoms with Crippen LogP contribution in [0.15, 0.2) is 18.2 Å². The number of alkyl halides is 3. The van der Waals surface area contributed by atoms with Gasteiger partial charge >= 0.3 is 12.1 Å². The molecule has 1 saturated heterocycles. The van der Waals surface area contributed by atoms with Crippen LogP contribution in [-0.4, -0.2) is 53.7 Å². The van der Waals surface area contributed by atoms with E-state index in [1.807, 2.05) is 4.90 Å². The SMILES string of the molecule is CCc1ccc2c(c1)C(=O)N1CCNC[C@H]1C2.O=C(O)C(F)(F)F. The van der Waals surface area contributed by atoms with Crippen molar-refractivity contribution in [1.29, 1.82) is 0 Å². The number of rotatable bonds is 1. The number of hydrogen-bond donors (Lipinski definition) is 2. The van der Waals surface area contributed by atoms with Gasteiger partial charge in [0.1, 0.15) is 0 Å². The molecule has 0 bridgehead atoms. The second-order valence-corrected chi connectivity index (χ2v) is 5.71. The summed E-state index contributed by atoms with van der Waals surface area (Å²) in [5, 5.41) is 10.5. The van der Waals surface area contributed by atoms with Gasteiger partial charge in [-0.2, -0.15) is 13.2 Å². The van der Waals surface area contributed by atoms with E-state index in [-0.39, 0.29) is 5.91 Å². The van der Waals surface area contributed by atoms with Crippen molar-refractivity contribution in [2.24, 2.45) is 0 Å². The number of nitrogens with one attached hydrogen (secondary N) is 1. The van der Waals surface area contributed by atoms with Crippen molar-refractivity contribution < 1.29 is 27.9 Å². The second-order valence-electron chi connectivity index (χ2n) is 5.71. The number of nitrogens with zero attached hydrogens (tertiary/aromatic N) is 1. The van der Waals surface area contributed by atoms with Gasteiger partial charge in [0, 0.05) is 31.2 Å². The summed E-state index contributed by atoms with van der Waals surface area (Å²) in [6.07, 6.45) is -3.09. The third-order valence-corrected chi connectivity index (χ3v) is 4.12. The minimum absolute atomic E-state index is 0.230. The lowest BCUT2D eigenvalue weighted by Gasteiger charge is -2.40. The normalized spacial score (nSPS) is 19.8. The molecule has 2 N–H and O–H groups in total. The van der Waals surface area contributed by atoms with Gasteiger partial charge < -0.3 is 15.3 Å². The molecule has 2 aliphatic rings. The van der Waals surface area contributed by atoms with E-state index < -0.39 is 12.1 Å². The van der Waals surface area contributed by atoms with Crippen LogP contribution < -0.4 is 5.32 Å². The summed E-state index contributed by atoms with van der Waals surface area (Å²) >= 11 is 0. The molecule has 0 spiro atoms. The average molecular weight is 344 g/mol. The summed E-state index contributed by atoms with van der Waals surface area (Å²) in [6.45, 7) is 4.83. The Balaban J connectivity index is 0.000000256. The monoisotopic (exact) mass is 344 g/mol. The fraction of sp³-hybridized carbons (Fsp3) is 0.500. The average Bonchev–Trinajstić information content (AvgIpc) is 2.54. The molecular weight excluding hydrogens is 325 g/mol. The largest absolute Gasteiger partial charge is 0.490 e. The van der Waals surface area contributed by atoms with Crippen LogP contribution in [0.1, 0.15) is 28.4 Å². The predicted octanol–water partition coefficient (Wildman–Crippen LogP) is 1.85. The van der Waals surface area contributed by atoms with Crippen molar-refractivity contribution in [3.05, 3.63) is 34.9 Å². The smallest absolute Gasteiger partial charge is 0.475 e. The number of aryl methyl sites for hydroxylation is 1. The molecular formula is C16H19F3N2O3. The first-order valence-electron chi connectivity index (χ1n) is 7.67. The van der Waals surface area contributed by atoms with Crippen molar-refractivity contribution >= 4 is 11.9 Å². The van der Waals surface area contributed by atoms with Crippen molar-refractivity contribution in [2.45, 2.75) is 32.0 Å². The van der Waals surface area contributed by atoms with Crippen molar-refractivity contribution in [3.63, 3.8) is 0 Å². The lowest BCUT2D eigenvalue weighted by atomic mass is 9.90. The maximum absolute atomic E-state index is 12.4. The van der Waals surface area contributed by atoms with Gasteiger partial charge in [-0.3, -0.25) is 4.79 Å². The highest BCUT2D eigenvalue weighted by molar-refractivity contribution is 5.97. The number of halogens is 3. The number of benzene rings is 1. The molecule has 1 amide bonds. The Bertz CT molecular complexity index is 631. The highest BCUT2D eigenvalue weighted by atomic mass is 19.4. The van der Waals surface area contributed by atoms with Gasteiger partial charge in [-0.15, -0.1) is 0 Å². The first-order chi connectivity index (χ1) is 11.2. The van der Waals surface area contributed by atoms with E-state index in [0.29, 0.717) is 6.04 Å². The van der Waals surface area contributed by atoms with Crippen LogP contribution in [0.4, 0.5) is 13.2 Å². The van der Waals surface area contributed by atoms with Crippen LogP contribution in [0.3, 0.4) is 0 Å². The molecule has 1 aromatic rings. The molecule has 0 aromatic heterocycles. The van der Waals surface area contributed by atoms with Crippen LogP contribution in [0.2, 0.25) is 0 Å². The maximum atomic E-state index is 12.4. The van der Waals surface area contributed by atoms with E-state index in [1.165, 1.54) is 11.1 Å². The molecule has 2 aliphatic heterocycles. The van der Waals surface area contributed by atoms with Crippen molar-refractivity contribution in [1.82, 2.24) is 10.2 Å². The van der Waals surface area contributed by atoms with Gasteiger partial charge in [-0.1, -0.05) is 19.1 Å². The van der Waals surface area contributed by atoms with Crippen LogP contribution in [0.25, 0.3) is 0 Å². The zero-order valence-corrected chi connectivity index (χ0v) is 13.2. The van der Waals surface area contributed by atoms with Gasteiger partial charge in [0.25, 0.3) is 5.91 Å². The molecule has 2 heterocycles. The summed E-state index contributed by atoms with van der Waals surface area (Å²) in [5.74, 6) is -2.53. The Morgan fingerprint density at radius 2 is 2.08 bits per heavy atom. The number of carbonyl (C=O) groups is 2. The van der Waals surface area contributed by atoms with Crippen LogP contribution in [-0.2, 0) is 17.6 Å². The number of carbonyl (C=O) groups excluding carboxylic acids is 1. The Kier molecular flexibility index (Phi) is 5.48. The first kappa shape index (κ1) is 18.3. The Morgan fingerprint density at radius 1 is 1.42 bits per heavy atom. The van der Waals surface area contributed by atoms with Gasteiger partial charge in [-0.25, -0.2) is 4.79 Å². The standard InChI is InChI=1S/C14H18N2O.C2HF3O2/c1-2-10-3-4-11-8-12-9-15-5-6-16(12)14(17)13(11)7-10;3-2(4,5)1(6)7/h3-4,7,12,15H,2,5-6,8-9H2,1H3;(H,6,7)/t12-;/m1./s1. The molecule has 0 radical (unpaired) electrons. The van der Waals surface area contributed by atoms with E-state index >= 15 is 0 Å². The summed E-state index contributed by atoms with van der Waals surface area (Å²) in [5.41, 5.74) is 3.41. The fourth-order valence-electron chi connectivity index (χ4n) is 2.84. The topological polar surface area (TPSA) is 69.6 Å². The third kappa shape index (κ3) is 4.05. The number of hydrogen-bond acceptors (Lipinski definition) is 3. The molecule has 1 atom stereocenters. The maximum Gasteiger partial charge on any atom is 0.490 e. The molecule has 0 unspecified atom stereocenters. The van der Waals surface area contributed by atoms with E-state index in [1.54, 1.807) is 0 Å². The third-order valence-electron chi connectivity index (χ3n) is 4.12. The number of carboxylic acid groups (broad SMARTS) is 1. The molecule has 0 saturated carbocycles. The van der Waals surface area contributed by atoms with Gasteiger partial charge in [-0.05, 0) is 30.0 Å². The summed E-state index contributed by atoms with van der Waals surface area (Å²) in [7, 11) is 0. The highest BCUT2D eigenvalue weighted by Gasteiger charge is 2.38. The predicted molar refractivity (Wildman–Crippen MR) is 80.9 cm³/mol. The summed E-state index contributed by atoms with van der Waals surface area (Å²) < 4.78 is 31.7. The molecule has 132 valence electrons. The van der Waals surface area contributed by atoms with E-state index in [9.17, 15) is 18.0 Å². The number of fused-ring (bicyclic) bond motifs is 2. The molecule has 0 aliphatic carbocycles. The molecule has 5 nitrogen and oxygen atoms in total. The molecule has 3 rings (SSSR count). The van der Waals surface area contributed by atoms with Gasteiger partial charge in [0.2, 0.25) is 0 Å². The molecule has 1 fully saturated rings. The fourth-order valence-corrected chi connectivity index (χ4v) is 2.84. The number of piperazine rings is 1. The number of carboxylic acids is 1. The molecule has 24 heavy (non-hydrogen) atoms. The Morgan fingerprint density at radius 3 is 2.67 bits per heavy atom. The zero-order chi connectivity index (χ0) is 17.9. The lowest BCUT2D eigenvalue weighted by molar-refractivity contribution is -0.192. The van der Waals surface area contributed by atoms with Gasteiger partial charge in [0.15, 0.2) is 0 Å².